The highest BCUT2D eigenvalue weighted by Crippen LogP contribution is 2.29. The molecule has 1 aromatic carbocycles. The molecule has 0 unspecified atom stereocenters. The lowest BCUT2D eigenvalue weighted by Gasteiger charge is -2.33. The predicted molar refractivity (Wildman–Crippen MR) is 96.0 cm³/mol. The van der Waals surface area contributed by atoms with Gasteiger partial charge in [-0.2, -0.15) is 0 Å². The molecule has 1 aromatic rings. The number of anilines is 1. The molecule has 0 aliphatic carbocycles. The van der Waals surface area contributed by atoms with Crippen LogP contribution in [0, 0.1) is 11.8 Å². The highest BCUT2D eigenvalue weighted by atomic mass is 32.1. The van der Waals surface area contributed by atoms with Gasteiger partial charge in [-0.3, -0.25) is 5.01 Å². The number of nitrogens with zero attached hydrogens (tertiary/aromatic N) is 1. The highest BCUT2D eigenvalue weighted by Gasteiger charge is 2.41. The first-order chi connectivity index (χ1) is 10.3. The van der Waals surface area contributed by atoms with Crippen LogP contribution in [0.4, 0.5) is 5.69 Å². The second-order valence-corrected chi connectivity index (χ2v) is 7.24. The smallest absolute Gasteiger partial charge is 0.189 e. The molecule has 2 rings (SSSR count). The summed E-state index contributed by atoms with van der Waals surface area (Å²) in [6.07, 6.45) is 2.05. The molecular formula is C17H27N3OS. The Morgan fingerprint density at radius 3 is 2.09 bits per heavy atom. The molecule has 1 aliphatic heterocycles. The van der Waals surface area contributed by atoms with Gasteiger partial charge in [0.2, 0.25) is 0 Å². The molecule has 0 atom stereocenters. The second kappa shape index (κ2) is 6.84. The molecule has 2 N–H and O–H groups in total. The summed E-state index contributed by atoms with van der Waals surface area (Å²) in [5, 5.41) is 6.22. The molecule has 0 aromatic heterocycles. The predicted octanol–water partition coefficient (Wildman–Crippen LogP) is 3.68. The summed E-state index contributed by atoms with van der Waals surface area (Å²) in [7, 11) is 1.67. The Morgan fingerprint density at radius 2 is 1.64 bits per heavy atom. The number of hydrazine groups is 1. The minimum Gasteiger partial charge on any atom is -0.497 e. The summed E-state index contributed by atoms with van der Waals surface area (Å²) >= 11 is 5.56. The van der Waals surface area contributed by atoms with Crippen LogP contribution in [0.2, 0.25) is 0 Å². The molecule has 1 heterocycles. The Labute approximate surface area is 139 Å². The van der Waals surface area contributed by atoms with Gasteiger partial charge in [0.25, 0.3) is 0 Å². The van der Waals surface area contributed by atoms with Gasteiger partial charge >= 0.3 is 0 Å². The van der Waals surface area contributed by atoms with Crippen LogP contribution in [0.1, 0.15) is 40.5 Å². The zero-order chi connectivity index (χ0) is 16.3. The van der Waals surface area contributed by atoms with Crippen LogP contribution in [-0.2, 0) is 0 Å². The molecule has 1 saturated heterocycles. The Morgan fingerprint density at radius 1 is 1.09 bits per heavy atom. The molecule has 0 radical (unpaired) electrons. The average Bonchev–Trinajstić information content (AvgIpc) is 2.73. The van der Waals surface area contributed by atoms with Gasteiger partial charge in [-0.1, -0.05) is 27.7 Å². The molecule has 1 aliphatic rings. The van der Waals surface area contributed by atoms with E-state index in [9.17, 15) is 0 Å². The van der Waals surface area contributed by atoms with E-state index in [1.165, 1.54) is 0 Å². The van der Waals surface area contributed by atoms with Gasteiger partial charge in [0.15, 0.2) is 5.11 Å². The van der Waals surface area contributed by atoms with Crippen LogP contribution in [0.25, 0.3) is 0 Å². The fraction of sp³-hybridized carbons (Fsp3) is 0.588. The first-order valence-electron chi connectivity index (χ1n) is 7.89. The second-order valence-electron chi connectivity index (χ2n) is 6.85. The maximum Gasteiger partial charge on any atom is 0.189 e. The molecule has 122 valence electrons. The molecule has 5 heteroatoms. The van der Waals surface area contributed by atoms with Gasteiger partial charge in [0, 0.05) is 0 Å². The fourth-order valence-corrected chi connectivity index (χ4v) is 3.48. The largest absolute Gasteiger partial charge is 0.497 e. The van der Waals surface area contributed by atoms with E-state index in [0.717, 1.165) is 29.4 Å². The molecule has 0 amide bonds. The van der Waals surface area contributed by atoms with Crippen LogP contribution in [0.5, 0.6) is 5.75 Å². The summed E-state index contributed by atoms with van der Waals surface area (Å²) in [5.74, 6) is 2.01. The van der Waals surface area contributed by atoms with Gasteiger partial charge in [-0.25, -0.2) is 5.43 Å². The van der Waals surface area contributed by atoms with Crippen LogP contribution in [0.15, 0.2) is 24.3 Å². The van der Waals surface area contributed by atoms with Crippen molar-refractivity contribution < 1.29 is 4.74 Å². The van der Waals surface area contributed by atoms with Gasteiger partial charge in [-0.15, -0.1) is 0 Å². The van der Waals surface area contributed by atoms with E-state index in [1.807, 2.05) is 29.3 Å². The van der Waals surface area contributed by atoms with Crippen molar-refractivity contribution in [2.45, 2.75) is 46.2 Å². The van der Waals surface area contributed by atoms with Crippen LogP contribution < -0.4 is 20.5 Å². The minimum atomic E-state index is -0.167. The normalized spacial score (nSPS) is 17.2. The van der Waals surface area contributed by atoms with Gasteiger partial charge < -0.3 is 10.1 Å². The summed E-state index contributed by atoms with van der Waals surface area (Å²) in [5.41, 5.74) is 4.46. The molecule has 0 saturated carbocycles. The van der Waals surface area contributed by atoms with Crippen molar-refractivity contribution in [3.8, 4) is 5.75 Å². The van der Waals surface area contributed by atoms with Gasteiger partial charge in [-0.05, 0) is 61.2 Å². The van der Waals surface area contributed by atoms with E-state index in [4.69, 9.17) is 17.0 Å². The number of benzene rings is 1. The average molecular weight is 321 g/mol. The zero-order valence-corrected chi connectivity index (χ0v) is 15.0. The maximum atomic E-state index is 5.56. The Bertz CT molecular complexity index is 503. The van der Waals surface area contributed by atoms with Gasteiger partial charge in [0.1, 0.15) is 11.4 Å². The van der Waals surface area contributed by atoms with Crippen LogP contribution in [0.3, 0.4) is 0 Å². The van der Waals surface area contributed by atoms with E-state index in [0.29, 0.717) is 11.8 Å². The maximum absolute atomic E-state index is 5.56. The first-order valence-corrected chi connectivity index (χ1v) is 8.30. The van der Waals surface area contributed by atoms with E-state index in [2.05, 4.69) is 38.4 Å². The number of nitrogens with one attached hydrogen (secondary N) is 2. The molecule has 1 fully saturated rings. The van der Waals surface area contributed by atoms with E-state index >= 15 is 0 Å². The topological polar surface area (TPSA) is 36.5 Å². The van der Waals surface area contributed by atoms with Gasteiger partial charge in [0.05, 0.1) is 12.8 Å². The van der Waals surface area contributed by atoms with Crippen molar-refractivity contribution in [2.75, 3.05) is 12.1 Å². The molecule has 0 spiro atoms. The van der Waals surface area contributed by atoms with E-state index < -0.39 is 0 Å². The van der Waals surface area contributed by atoms with Crippen molar-refractivity contribution in [2.24, 2.45) is 11.8 Å². The monoisotopic (exact) mass is 321 g/mol. The fourth-order valence-electron chi connectivity index (χ4n) is 3.14. The van der Waals surface area contributed by atoms with Crippen molar-refractivity contribution in [3.05, 3.63) is 24.3 Å². The Hall–Kier alpha value is -1.33. The summed E-state index contributed by atoms with van der Waals surface area (Å²) < 4.78 is 5.22. The lowest BCUT2D eigenvalue weighted by atomic mass is 9.90. The quantitative estimate of drug-likeness (QED) is 0.782. The number of thiocarbonyl (C=S) groups is 1. The lowest BCUT2D eigenvalue weighted by Crippen LogP contribution is -2.53. The third-order valence-corrected chi connectivity index (χ3v) is 4.00. The lowest BCUT2D eigenvalue weighted by molar-refractivity contribution is 0.229. The highest BCUT2D eigenvalue weighted by molar-refractivity contribution is 7.80. The van der Waals surface area contributed by atoms with Crippen molar-refractivity contribution in [1.82, 2.24) is 10.7 Å². The Kier molecular flexibility index (Phi) is 5.29. The number of methoxy groups -OCH3 is 1. The summed E-state index contributed by atoms with van der Waals surface area (Å²) in [4.78, 5) is 0. The van der Waals surface area contributed by atoms with Crippen LogP contribution in [-0.4, -0.2) is 17.9 Å². The van der Waals surface area contributed by atoms with Crippen molar-refractivity contribution in [1.29, 1.82) is 0 Å². The van der Waals surface area contributed by atoms with Crippen molar-refractivity contribution >= 4 is 23.0 Å². The number of ether oxygens (including phenoxy) is 1. The third-order valence-electron chi connectivity index (χ3n) is 3.72. The van der Waals surface area contributed by atoms with Crippen LogP contribution >= 0.6 is 12.2 Å². The number of hydrogen-bond donors (Lipinski definition) is 2. The Balaban J connectivity index is 2.22. The minimum absolute atomic E-state index is 0.167. The van der Waals surface area contributed by atoms with E-state index in [1.54, 1.807) is 7.11 Å². The standard InChI is InChI=1S/C17H27N3OS/c1-12(2)10-17(11-13(3)4)18-16(22)20(19-17)14-6-8-15(21-5)9-7-14/h6-9,12-13,19H,10-11H2,1-5H3,(H,18,22). The van der Waals surface area contributed by atoms with E-state index in [-0.39, 0.29) is 5.66 Å². The molecule has 4 nitrogen and oxygen atoms in total. The number of rotatable bonds is 6. The number of hydrogen-bond acceptors (Lipinski definition) is 3. The summed E-state index contributed by atoms with van der Waals surface area (Å²) in [6.45, 7) is 8.96. The third kappa shape index (κ3) is 3.90. The molecule has 0 bridgehead atoms. The zero-order valence-electron chi connectivity index (χ0n) is 14.1. The van der Waals surface area contributed by atoms with Crippen molar-refractivity contribution in [3.63, 3.8) is 0 Å². The SMILES string of the molecule is COc1ccc(N2NC(CC(C)C)(CC(C)C)NC2=S)cc1. The first kappa shape index (κ1) is 17.0. The summed E-state index contributed by atoms with van der Waals surface area (Å²) in [6, 6.07) is 7.93. The molecule has 22 heavy (non-hydrogen) atoms. The molecular weight excluding hydrogens is 294 g/mol.